The number of anilines is 1. The minimum Gasteiger partial charge on any atom is -0.497 e. The van der Waals surface area contributed by atoms with Crippen LogP contribution in [0.2, 0.25) is 10.0 Å². The summed E-state index contributed by atoms with van der Waals surface area (Å²) in [6, 6.07) is 18.6. The number of amides is 2. The molecule has 1 N–H and O–H groups in total. The number of ether oxygens (including phenoxy) is 1. The summed E-state index contributed by atoms with van der Waals surface area (Å²) in [7, 11) is -2.69. The van der Waals surface area contributed by atoms with Crippen LogP contribution in [-0.4, -0.2) is 51.4 Å². The lowest BCUT2D eigenvalue weighted by atomic mass is 10.1. The van der Waals surface area contributed by atoms with Crippen LogP contribution in [0.3, 0.4) is 0 Å². The van der Waals surface area contributed by atoms with Crippen LogP contribution in [0.25, 0.3) is 0 Å². The van der Waals surface area contributed by atoms with Crippen molar-refractivity contribution in [3.8, 4) is 5.75 Å². The average molecular weight is 621 g/mol. The van der Waals surface area contributed by atoms with E-state index in [1.54, 1.807) is 55.6 Å². The second kappa shape index (κ2) is 15.1. The molecule has 0 fully saturated rings. The first-order chi connectivity index (χ1) is 19.6. The Hall–Kier alpha value is -3.27. The van der Waals surface area contributed by atoms with Crippen molar-refractivity contribution < 1.29 is 22.7 Å². The van der Waals surface area contributed by atoms with Crippen molar-refractivity contribution >= 4 is 50.7 Å². The molecule has 0 aliphatic rings. The molecule has 11 heteroatoms. The zero-order valence-electron chi connectivity index (χ0n) is 23.3. The summed E-state index contributed by atoms with van der Waals surface area (Å²) >= 11 is 12.7. The Kier molecular flexibility index (Phi) is 11.9. The second-order valence-electron chi connectivity index (χ2n) is 9.34. The van der Waals surface area contributed by atoms with Crippen molar-refractivity contribution in [2.45, 2.75) is 50.6 Å². The fourth-order valence-electron chi connectivity index (χ4n) is 4.27. The number of carbonyl (C=O) groups excluding carboxylic acids is 2. The van der Waals surface area contributed by atoms with Gasteiger partial charge in [-0.2, -0.15) is 0 Å². The van der Waals surface area contributed by atoms with E-state index in [0.29, 0.717) is 18.7 Å². The van der Waals surface area contributed by atoms with E-state index < -0.39 is 28.5 Å². The van der Waals surface area contributed by atoms with E-state index in [1.165, 1.54) is 29.2 Å². The zero-order valence-corrected chi connectivity index (χ0v) is 25.7. The smallest absolute Gasteiger partial charge is 0.264 e. The van der Waals surface area contributed by atoms with Gasteiger partial charge in [-0.15, -0.1) is 0 Å². The predicted molar refractivity (Wildman–Crippen MR) is 163 cm³/mol. The van der Waals surface area contributed by atoms with Gasteiger partial charge in [-0.3, -0.25) is 13.9 Å². The molecule has 0 aliphatic carbocycles. The summed E-state index contributed by atoms with van der Waals surface area (Å²) in [6.45, 7) is 3.77. The number of nitrogens with one attached hydrogen (secondary N) is 1. The van der Waals surface area contributed by atoms with Gasteiger partial charge in [-0.25, -0.2) is 8.42 Å². The molecular weight excluding hydrogens is 585 g/mol. The highest BCUT2D eigenvalue weighted by atomic mass is 35.5. The van der Waals surface area contributed by atoms with Gasteiger partial charge in [-0.1, -0.05) is 79.9 Å². The lowest BCUT2D eigenvalue weighted by Crippen LogP contribution is -2.52. The summed E-state index contributed by atoms with van der Waals surface area (Å²) in [5.74, 6) is -0.235. The summed E-state index contributed by atoms with van der Waals surface area (Å²) in [5.41, 5.74) is 0.804. The van der Waals surface area contributed by atoms with E-state index in [9.17, 15) is 18.0 Å². The molecule has 3 aromatic rings. The van der Waals surface area contributed by atoms with Crippen molar-refractivity contribution in [2.75, 3.05) is 24.5 Å². The molecule has 1 atom stereocenters. The molecule has 8 nitrogen and oxygen atoms in total. The normalized spacial score (nSPS) is 11.9. The third-order valence-electron chi connectivity index (χ3n) is 6.54. The molecule has 2 amide bonds. The maximum Gasteiger partial charge on any atom is 0.264 e. The number of carbonyl (C=O) groups is 2. The number of rotatable bonds is 14. The second-order valence-corrected chi connectivity index (χ2v) is 12.0. The lowest BCUT2D eigenvalue weighted by molar-refractivity contribution is -0.140. The van der Waals surface area contributed by atoms with Crippen molar-refractivity contribution in [3.63, 3.8) is 0 Å². The van der Waals surface area contributed by atoms with Crippen LogP contribution in [0.5, 0.6) is 5.75 Å². The lowest BCUT2D eigenvalue weighted by Gasteiger charge is -2.33. The fourth-order valence-corrected chi connectivity index (χ4v) is 6.17. The number of hydrogen-bond donors (Lipinski definition) is 1. The number of benzene rings is 3. The summed E-state index contributed by atoms with van der Waals surface area (Å²) in [6.07, 6.45) is 2.02. The molecular formula is C30H35Cl2N3O5S. The Balaban J connectivity index is 2.06. The van der Waals surface area contributed by atoms with Gasteiger partial charge in [0.25, 0.3) is 10.0 Å². The molecule has 0 heterocycles. The number of nitrogens with zero attached hydrogens (tertiary/aromatic N) is 2. The fraction of sp³-hybridized carbons (Fsp3) is 0.333. The van der Waals surface area contributed by atoms with Crippen LogP contribution in [-0.2, 0) is 26.2 Å². The first-order valence-corrected chi connectivity index (χ1v) is 15.6. The predicted octanol–water partition coefficient (Wildman–Crippen LogP) is 5.92. The van der Waals surface area contributed by atoms with Crippen LogP contribution < -0.4 is 14.4 Å². The molecule has 0 spiro atoms. The zero-order chi connectivity index (χ0) is 30.0. The van der Waals surface area contributed by atoms with E-state index >= 15 is 0 Å². The Bertz CT molecular complexity index is 1420. The summed E-state index contributed by atoms with van der Waals surface area (Å²) < 4.78 is 34.0. The average Bonchev–Trinajstić information content (AvgIpc) is 2.98. The molecule has 41 heavy (non-hydrogen) atoms. The highest BCUT2D eigenvalue weighted by molar-refractivity contribution is 7.92. The van der Waals surface area contributed by atoms with Crippen molar-refractivity contribution in [1.29, 1.82) is 0 Å². The van der Waals surface area contributed by atoms with Gasteiger partial charge < -0.3 is 15.0 Å². The van der Waals surface area contributed by atoms with Gasteiger partial charge in [-0.05, 0) is 54.8 Å². The van der Waals surface area contributed by atoms with Crippen LogP contribution >= 0.6 is 23.2 Å². The quantitative estimate of drug-likeness (QED) is 0.226. The summed E-state index contributed by atoms with van der Waals surface area (Å²) in [5, 5.41) is 3.04. The maximum atomic E-state index is 14.1. The highest BCUT2D eigenvalue weighted by Crippen LogP contribution is 2.35. The van der Waals surface area contributed by atoms with Gasteiger partial charge in [0.1, 0.15) is 18.3 Å². The Morgan fingerprint density at radius 2 is 1.63 bits per heavy atom. The third-order valence-corrected chi connectivity index (χ3v) is 9.12. The molecule has 0 aliphatic heterocycles. The van der Waals surface area contributed by atoms with Gasteiger partial charge in [0.15, 0.2) is 0 Å². The summed E-state index contributed by atoms with van der Waals surface area (Å²) in [4.78, 5) is 28.8. The Labute approximate surface area is 252 Å². The molecule has 0 unspecified atom stereocenters. The van der Waals surface area contributed by atoms with Crippen molar-refractivity contribution in [3.05, 3.63) is 88.4 Å². The molecule has 220 valence electrons. The van der Waals surface area contributed by atoms with Crippen LogP contribution in [0.4, 0.5) is 5.69 Å². The van der Waals surface area contributed by atoms with E-state index in [-0.39, 0.29) is 33.1 Å². The molecule has 0 bridgehead atoms. The number of unbranched alkanes of at least 4 members (excludes halogenated alkanes) is 1. The Morgan fingerprint density at radius 1 is 0.951 bits per heavy atom. The first kappa shape index (κ1) is 32.2. The minimum absolute atomic E-state index is 0.00692. The molecule has 0 radical (unpaired) electrons. The van der Waals surface area contributed by atoms with Crippen molar-refractivity contribution in [2.24, 2.45) is 0 Å². The van der Waals surface area contributed by atoms with Crippen LogP contribution in [0.15, 0.2) is 77.7 Å². The number of hydrogen-bond acceptors (Lipinski definition) is 5. The number of sulfonamides is 1. The van der Waals surface area contributed by atoms with E-state index in [4.69, 9.17) is 27.9 Å². The minimum atomic E-state index is -4.25. The SMILES string of the molecule is CCCCNC(=O)[C@H](CC)N(Cc1ccc(OC)cc1)C(=O)CN(c1cccc(Cl)c1Cl)S(=O)(=O)c1ccccc1. The van der Waals surface area contributed by atoms with Crippen LogP contribution in [0, 0.1) is 0 Å². The van der Waals surface area contributed by atoms with Crippen molar-refractivity contribution in [1.82, 2.24) is 10.2 Å². The van der Waals surface area contributed by atoms with E-state index in [0.717, 1.165) is 22.7 Å². The maximum absolute atomic E-state index is 14.1. The van der Waals surface area contributed by atoms with Gasteiger partial charge in [0.2, 0.25) is 11.8 Å². The van der Waals surface area contributed by atoms with E-state index in [1.807, 2.05) is 13.8 Å². The molecule has 3 aromatic carbocycles. The molecule has 3 rings (SSSR count). The first-order valence-electron chi connectivity index (χ1n) is 13.4. The van der Waals surface area contributed by atoms with Crippen LogP contribution in [0.1, 0.15) is 38.7 Å². The standard InChI is InChI=1S/C30H35Cl2N3O5S/c1-4-6-19-33-30(37)26(5-2)34(20-22-15-17-23(40-3)18-16-22)28(36)21-35(27-14-10-13-25(31)29(27)32)41(38,39)24-11-8-7-9-12-24/h7-18,26H,4-6,19-21H2,1-3H3,(H,33,37)/t26-/m0/s1. The topological polar surface area (TPSA) is 96.0 Å². The Morgan fingerprint density at radius 3 is 2.24 bits per heavy atom. The number of methoxy groups -OCH3 is 1. The molecule has 0 saturated carbocycles. The molecule has 0 saturated heterocycles. The van der Waals surface area contributed by atoms with Gasteiger partial charge in [0, 0.05) is 13.1 Å². The number of halogens is 2. The van der Waals surface area contributed by atoms with Gasteiger partial charge in [0.05, 0.1) is 27.7 Å². The largest absolute Gasteiger partial charge is 0.497 e. The molecule has 0 aromatic heterocycles. The van der Waals surface area contributed by atoms with Gasteiger partial charge >= 0.3 is 0 Å². The highest BCUT2D eigenvalue weighted by Gasteiger charge is 2.34. The van der Waals surface area contributed by atoms with E-state index in [2.05, 4.69) is 5.32 Å². The third kappa shape index (κ3) is 8.15. The monoisotopic (exact) mass is 619 g/mol.